The summed E-state index contributed by atoms with van der Waals surface area (Å²) < 4.78 is 18.6. The van der Waals surface area contributed by atoms with Crippen LogP contribution in [0.1, 0.15) is 18.0 Å². The molecule has 0 spiro atoms. The first-order valence-corrected chi connectivity index (χ1v) is 9.40. The van der Waals surface area contributed by atoms with Crippen molar-refractivity contribution in [2.45, 2.75) is 18.5 Å². The zero-order chi connectivity index (χ0) is 19.4. The van der Waals surface area contributed by atoms with E-state index in [4.69, 9.17) is 4.74 Å². The van der Waals surface area contributed by atoms with Crippen LogP contribution in [0.25, 0.3) is 0 Å². The zero-order valence-electron chi connectivity index (χ0n) is 15.4. The van der Waals surface area contributed by atoms with E-state index in [2.05, 4.69) is 5.01 Å². The Morgan fingerprint density at radius 1 is 0.893 bits per heavy atom. The summed E-state index contributed by atoms with van der Waals surface area (Å²) in [6.07, 6.45) is 0.935. The SMILES string of the molecule is COc1ccc(N2C(=O)[C@H]3[C@@H](C2=O)N2CCCN2[C@@H]3c2ccc(F)cc2)cc1. The van der Waals surface area contributed by atoms with Crippen LogP contribution in [0, 0.1) is 11.7 Å². The molecule has 3 aliphatic rings. The lowest BCUT2D eigenvalue weighted by molar-refractivity contribution is -0.126. The Hall–Kier alpha value is -2.77. The summed E-state index contributed by atoms with van der Waals surface area (Å²) in [5.41, 5.74) is 1.41. The zero-order valence-corrected chi connectivity index (χ0v) is 15.4. The number of anilines is 1. The quantitative estimate of drug-likeness (QED) is 0.764. The van der Waals surface area contributed by atoms with E-state index >= 15 is 0 Å². The molecule has 0 bridgehead atoms. The number of hydrogen-bond acceptors (Lipinski definition) is 5. The minimum absolute atomic E-state index is 0.198. The van der Waals surface area contributed by atoms with Gasteiger partial charge >= 0.3 is 0 Å². The predicted octanol–water partition coefficient (Wildman–Crippen LogP) is 2.37. The van der Waals surface area contributed by atoms with Crippen molar-refractivity contribution in [2.24, 2.45) is 5.92 Å². The van der Waals surface area contributed by atoms with Crippen LogP contribution in [0.3, 0.4) is 0 Å². The van der Waals surface area contributed by atoms with Crippen LogP contribution in [0.2, 0.25) is 0 Å². The molecule has 0 aromatic heterocycles. The number of ether oxygens (including phenoxy) is 1. The fourth-order valence-electron chi connectivity index (χ4n) is 4.76. The largest absolute Gasteiger partial charge is 0.497 e. The first-order chi connectivity index (χ1) is 13.6. The van der Waals surface area contributed by atoms with Gasteiger partial charge in [0.25, 0.3) is 5.91 Å². The summed E-state index contributed by atoms with van der Waals surface area (Å²) in [6, 6.07) is 12.4. The highest BCUT2D eigenvalue weighted by atomic mass is 19.1. The maximum absolute atomic E-state index is 13.4. The van der Waals surface area contributed by atoms with Gasteiger partial charge in [-0.2, -0.15) is 0 Å². The molecular weight excluding hydrogens is 361 g/mol. The third-order valence-electron chi connectivity index (χ3n) is 5.95. The van der Waals surface area contributed by atoms with E-state index in [1.54, 1.807) is 43.5 Å². The van der Waals surface area contributed by atoms with E-state index in [9.17, 15) is 14.0 Å². The summed E-state index contributed by atoms with van der Waals surface area (Å²) in [5.74, 6) is -0.552. The molecule has 144 valence electrons. The Bertz CT molecular complexity index is 931. The molecule has 0 saturated carbocycles. The Balaban J connectivity index is 1.55. The van der Waals surface area contributed by atoms with E-state index in [1.807, 2.05) is 5.01 Å². The number of imide groups is 1. The number of methoxy groups -OCH3 is 1. The second kappa shape index (κ2) is 6.39. The third kappa shape index (κ3) is 2.40. The predicted molar refractivity (Wildman–Crippen MR) is 99.9 cm³/mol. The highest BCUT2D eigenvalue weighted by Gasteiger charge is 2.62. The highest BCUT2D eigenvalue weighted by Crippen LogP contribution is 2.48. The van der Waals surface area contributed by atoms with Gasteiger partial charge in [0.15, 0.2) is 0 Å². The number of hydrazine groups is 1. The van der Waals surface area contributed by atoms with Crippen molar-refractivity contribution in [1.29, 1.82) is 0 Å². The standard InChI is InChI=1S/C21H20FN3O3/c1-28-16-9-7-15(8-10-16)25-20(26)17-18(13-3-5-14(22)6-4-13)23-11-2-12-24(23)19(17)21(25)27/h3-10,17-19H,2,11-12H2,1H3/t17-,18-,19+/m1/s1. The van der Waals surface area contributed by atoms with Gasteiger partial charge in [0.1, 0.15) is 17.6 Å². The number of benzene rings is 2. The lowest BCUT2D eigenvalue weighted by Gasteiger charge is -2.29. The molecule has 3 atom stereocenters. The average Bonchev–Trinajstić information content (AvgIpc) is 3.35. The third-order valence-corrected chi connectivity index (χ3v) is 5.95. The Labute approximate surface area is 162 Å². The molecule has 2 amide bonds. The lowest BCUT2D eigenvalue weighted by Crippen LogP contribution is -2.44. The summed E-state index contributed by atoms with van der Waals surface area (Å²) in [6.45, 7) is 1.53. The second-order valence-electron chi connectivity index (χ2n) is 7.36. The molecule has 3 saturated heterocycles. The minimum atomic E-state index is -0.507. The van der Waals surface area contributed by atoms with Crippen LogP contribution in [-0.2, 0) is 9.59 Å². The Kier molecular flexibility index (Phi) is 3.96. The molecule has 2 aromatic carbocycles. The van der Waals surface area contributed by atoms with Crippen molar-refractivity contribution < 1.29 is 18.7 Å². The van der Waals surface area contributed by atoms with Crippen molar-refractivity contribution in [1.82, 2.24) is 10.0 Å². The van der Waals surface area contributed by atoms with Gasteiger partial charge in [-0.05, 0) is 48.4 Å². The van der Waals surface area contributed by atoms with Crippen LogP contribution in [-0.4, -0.2) is 48.1 Å². The molecule has 0 N–H and O–H groups in total. The van der Waals surface area contributed by atoms with Crippen molar-refractivity contribution in [2.75, 3.05) is 25.1 Å². The molecule has 3 heterocycles. The fraction of sp³-hybridized carbons (Fsp3) is 0.333. The van der Waals surface area contributed by atoms with E-state index in [-0.39, 0.29) is 23.7 Å². The van der Waals surface area contributed by atoms with Crippen LogP contribution < -0.4 is 9.64 Å². The number of carbonyl (C=O) groups excluding carboxylic acids is 2. The van der Waals surface area contributed by atoms with E-state index in [0.717, 1.165) is 25.1 Å². The number of nitrogens with zero attached hydrogens (tertiary/aromatic N) is 3. The Morgan fingerprint density at radius 3 is 2.18 bits per heavy atom. The summed E-state index contributed by atoms with van der Waals surface area (Å²) in [7, 11) is 1.57. The molecule has 28 heavy (non-hydrogen) atoms. The van der Waals surface area contributed by atoms with E-state index < -0.39 is 12.0 Å². The van der Waals surface area contributed by atoms with Gasteiger partial charge < -0.3 is 4.74 Å². The number of rotatable bonds is 3. The lowest BCUT2D eigenvalue weighted by atomic mass is 9.90. The van der Waals surface area contributed by atoms with Crippen molar-refractivity contribution in [3.63, 3.8) is 0 Å². The van der Waals surface area contributed by atoms with Gasteiger partial charge in [-0.25, -0.2) is 19.3 Å². The topological polar surface area (TPSA) is 53.1 Å². The smallest absolute Gasteiger partial charge is 0.253 e. The monoisotopic (exact) mass is 381 g/mol. The molecule has 5 rings (SSSR count). The summed E-state index contributed by atoms with van der Waals surface area (Å²) >= 11 is 0. The van der Waals surface area contributed by atoms with Gasteiger partial charge in [-0.15, -0.1) is 0 Å². The number of amides is 2. The Morgan fingerprint density at radius 2 is 1.54 bits per heavy atom. The number of fused-ring (bicyclic) bond motifs is 3. The molecule has 2 aromatic rings. The maximum atomic E-state index is 13.4. The molecule has 0 radical (unpaired) electrons. The number of hydrogen-bond donors (Lipinski definition) is 0. The summed E-state index contributed by atoms with van der Waals surface area (Å²) in [5, 5.41) is 4.15. The van der Waals surface area contributed by atoms with Gasteiger partial charge in [-0.1, -0.05) is 12.1 Å². The van der Waals surface area contributed by atoms with Crippen molar-refractivity contribution >= 4 is 17.5 Å². The highest BCUT2D eigenvalue weighted by molar-refractivity contribution is 6.24. The molecule has 6 nitrogen and oxygen atoms in total. The molecule has 0 unspecified atom stereocenters. The van der Waals surface area contributed by atoms with Crippen LogP contribution >= 0.6 is 0 Å². The first-order valence-electron chi connectivity index (χ1n) is 9.40. The first kappa shape index (κ1) is 17.3. The minimum Gasteiger partial charge on any atom is -0.497 e. The molecule has 3 fully saturated rings. The molecular formula is C21H20FN3O3. The van der Waals surface area contributed by atoms with Crippen LogP contribution in [0.4, 0.5) is 10.1 Å². The van der Waals surface area contributed by atoms with Gasteiger partial charge in [-0.3, -0.25) is 9.59 Å². The van der Waals surface area contributed by atoms with Crippen LogP contribution in [0.15, 0.2) is 48.5 Å². The molecule has 7 heteroatoms. The van der Waals surface area contributed by atoms with Crippen molar-refractivity contribution in [3.05, 3.63) is 59.9 Å². The average molecular weight is 381 g/mol. The van der Waals surface area contributed by atoms with Crippen molar-refractivity contribution in [3.8, 4) is 5.75 Å². The summed E-state index contributed by atoms with van der Waals surface area (Å²) in [4.78, 5) is 27.9. The number of halogens is 1. The van der Waals surface area contributed by atoms with E-state index in [1.165, 1.54) is 17.0 Å². The molecule has 3 aliphatic heterocycles. The van der Waals surface area contributed by atoms with E-state index in [0.29, 0.717) is 11.4 Å². The van der Waals surface area contributed by atoms with Gasteiger partial charge in [0, 0.05) is 13.1 Å². The van der Waals surface area contributed by atoms with Gasteiger partial charge in [0.05, 0.1) is 24.8 Å². The van der Waals surface area contributed by atoms with Gasteiger partial charge in [0.2, 0.25) is 5.91 Å². The normalized spacial score (nSPS) is 27.4. The number of carbonyl (C=O) groups is 2. The maximum Gasteiger partial charge on any atom is 0.253 e. The van der Waals surface area contributed by atoms with Crippen LogP contribution in [0.5, 0.6) is 5.75 Å². The fourth-order valence-corrected chi connectivity index (χ4v) is 4.76. The molecule has 0 aliphatic carbocycles. The second-order valence-corrected chi connectivity index (χ2v) is 7.36.